The molecule has 13 heteroatoms. The highest BCUT2D eigenvalue weighted by Crippen LogP contribution is 2.33. The van der Waals surface area contributed by atoms with Crippen molar-refractivity contribution in [3.8, 4) is 17.2 Å². The summed E-state index contributed by atoms with van der Waals surface area (Å²) in [6.07, 6.45) is 1.16. The Morgan fingerprint density at radius 2 is 1.31 bits per heavy atom. The minimum Gasteiger partial charge on any atom is -0.497 e. The first-order chi connectivity index (χ1) is 21.7. The van der Waals surface area contributed by atoms with Crippen molar-refractivity contribution in [2.75, 3.05) is 26.2 Å². The predicted molar refractivity (Wildman–Crippen MR) is 176 cm³/mol. The molecule has 0 fully saturated rings. The van der Waals surface area contributed by atoms with Gasteiger partial charge in [0.25, 0.3) is 11.2 Å². The molecule has 0 aliphatic rings. The van der Waals surface area contributed by atoms with E-state index >= 15 is 0 Å². The molecule has 0 spiro atoms. The summed E-state index contributed by atoms with van der Waals surface area (Å²) in [4.78, 5) is 43.6. The summed E-state index contributed by atoms with van der Waals surface area (Å²) in [5.41, 5.74) is 0.0753. The number of methoxy groups -OCH3 is 3. The highest BCUT2D eigenvalue weighted by molar-refractivity contribution is 6.38. The number of non-ortho nitro benzene ring substituents is 1. The number of anilines is 1. The lowest BCUT2D eigenvalue weighted by atomic mass is 10.1. The van der Waals surface area contributed by atoms with Crippen LogP contribution in [0.5, 0.6) is 11.5 Å². The summed E-state index contributed by atoms with van der Waals surface area (Å²) in [6, 6.07) is 16.7. The van der Waals surface area contributed by atoms with Crippen molar-refractivity contribution in [3.05, 3.63) is 114 Å². The van der Waals surface area contributed by atoms with E-state index in [4.69, 9.17) is 37.4 Å². The smallest absolute Gasteiger partial charge is 0.347 e. The van der Waals surface area contributed by atoms with E-state index in [0.717, 1.165) is 41.3 Å². The molecule has 0 aliphatic carbocycles. The van der Waals surface area contributed by atoms with Gasteiger partial charge in [-0.25, -0.2) is 9.78 Å². The van der Waals surface area contributed by atoms with Crippen LogP contribution in [0.4, 0.5) is 11.5 Å². The van der Waals surface area contributed by atoms with Crippen LogP contribution >= 0.6 is 23.2 Å². The van der Waals surface area contributed by atoms with E-state index in [1.165, 1.54) is 0 Å². The summed E-state index contributed by atoms with van der Waals surface area (Å²) in [5, 5.41) is 10.9. The van der Waals surface area contributed by atoms with Crippen molar-refractivity contribution < 1.29 is 23.9 Å². The first kappa shape index (κ1) is 36.6. The van der Waals surface area contributed by atoms with E-state index in [1.54, 1.807) is 43.4 Å². The van der Waals surface area contributed by atoms with Gasteiger partial charge in [-0.2, -0.15) is 0 Å². The van der Waals surface area contributed by atoms with Crippen LogP contribution < -0.4 is 19.9 Å². The van der Waals surface area contributed by atoms with E-state index in [0.29, 0.717) is 11.5 Å². The summed E-state index contributed by atoms with van der Waals surface area (Å²) < 4.78 is 16.4. The van der Waals surface area contributed by atoms with Crippen molar-refractivity contribution in [2.45, 2.75) is 40.8 Å². The average molecular weight is 660 g/mol. The number of carbonyl (C=O) groups is 1. The number of carbonyl (C=O) groups excluding carboxylic acids is 1. The van der Waals surface area contributed by atoms with E-state index in [2.05, 4.69) is 4.98 Å². The predicted octanol–water partition coefficient (Wildman–Crippen LogP) is 7.51. The maximum Gasteiger partial charge on any atom is 0.347 e. The molecule has 1 heterocycles. The fourth-order valence-corrected chi connectivity index (χ4v) is 4.78. The average Bonchev–Trinajstić information content (AvgIpc) is 3.06. The van der Waals surface area contributed by atoms with Gasteiger partial charge in [0.2, 0.25) is 0 Å². The zero-order valence-corrected chi connectivity index (χ0v) is 27.7. The minimum atomic E-state index is -0.935. The Kier molecular flexibility index (Phi) is 14.3. The number of aromatic nitrogens is 2. The lowest BCUT2D eigenvalue weighted by molar-refractivity contribution is -0.384. The maximum atomic E-state index is 13.8. The topological polar surface area (TPSA) is 126 Å². The van der Waals surface area contributed by atoms with Crippen molar-refractivity contribution in [2.24, 2.45) is 0 Å². The van der Waals surface area contributed by atoms with Gasteiger partial charge < -0.3 is 19.1 Å². The fourth-order valence-electron chi connectivity index (χ4n) is 4.12. The van der Waals surface area contributed by atoms with Crippen LogP contribution in [0.3, 0.4) is 0 Å². The molecule has 0 atom stereocenters. The molecule has 0 aliphatic heterocycles. The molecule has 0 N–H and O–H groups in total. The van der Waals surface area contributed by atoms with Gasteiger partial charge in [-0.05, 0) is 35.4 Å². The number of nitro groups is 1. The quantitative estimate of drug-likeness (QED) is 0.0966. The van der Waals surface area contributed by atoms with E-state index in [-0.39, 0.29) is 45.9 Å². The Labute approximate surface area is 272 Å². The van der Waals surface area contributed by atoms with Gasteiger partial charge in [0.1, 0.15) is 17.8 Å². The highest BCUT2D eigenvalue weighted by atomic mass is 35.5. The third kappa shape index (κ3) is 8.96. The van der Waals surface area contributed by atoms with E-state index in [1.807, 2.05) is 52.0 Å². The number of ether oxygens (including phenoxy) is 3. The van der Waals surface area contributed by atoms with Crippen LogP contribution in [0.2, 0.25) is 10.0 Å². The first-order valence-corrected chi connectivity index (χ1v) is 14.8. The van der Waals surface area contributed by atoms with Crippen molar-refractivity contribution in [1.29, 1.82) is 0 Å². The normalized spacial score (nSPS) is 9.98. The van der Waals surface area contributed by atoms with Crippen LogP contribution in [0.25, 0.3) is 5.69 Å². The van der Waals surface area contributed by atoms with Crippen LogP contribution in [-0.2, 0) is 17.8 Å². The molecular formula is C32H36Cl2N4O7. The molecule has 240 valence electrons. The number of hydrogen-bond acceptors (Lipinski definition) is 9. The second kappa shape index (κ2) is 17.6. The molecule has 4 aromatic rings. The van der Waals surface area contributed by atoms with Crippen LogP contribution in [-0.4, -0.2) is 41.8 Å². The Morgan fingerprint density at radius 3 is 1.69 bits per heavy atom. The molecule has 0 amide bonds. The number of nitrogens with zero attached hydrogens (tertiary/aromatic N) is 4. The zero-order valence-electron chi connectivity index (χ0n) is 26.2. The fraction of sp³-hybridized carbons (Fsp3) is 0.281. The SMILES string of the molecule is CC.CC.COC(=O)c1c(N(Cc2ccc(OC)cc2)Cc2ccc(OC)cc2)ncn(-c2c(Cl)cc([N+](=O)[O-])cc2Cl)c1=O. The number of benzene rings is 3. The Bertz CT molecular complexity index is 1570. The van der Waals surface area contributed by atoms with Gasteiger partial charge in [-0.3, -0.25) is 19.5 Å². The molecule has 0 saturated heterocycles. The van der Waals surface area contributed by atoms with Gasteiger partial charge >= 0.3 is 5.97 Å². The number of hydrogen-bond donors (Lipinski definition) is 0. The van der Waals surface area contributed by atoms with Crippen LogP contribution in [0.15, 0.2) is 71.8 Å². The van der Waals surface area contributed by atoms with Crippen LogP contribution in [0, 0.1) is 10.1 Å². The summed E-state index contributed by atoms with van der Waals surface area (Å²) in [7, 11) is 4.28. The maximum absolute atomic E-state index is 13.8. The lowest BCUT2D eigenvalue weighted by Gasteiger charge is -2.26. The Hall–Kier alpha value is -4.61. The Morgan fingerprint density at radius 1 is 0.867 bits per heavy atom. The van der Waals surface area contributed by atoms with Crippen LogP contribution in [0.1, 0.15) is 49.2 Å². The monoisotopic (exact) mass is 658 g/mol. The number of esters is 1. The summed E-state index contributed by atoms with van der Waals surface area (Å²) in [6.45, 7) is 8.52. The Balaban J connectivity index is 0.00000169. The summed E-state index contributed by atoms with van der Waals surface area (Å²) in [5.74, 6) is 0.459. The molecule has 0 unspecified atom stereocenters. The van der Waals surface area contributed by atoms with Gasteiger partial charge in [0.15, 0.2) is 11.4 Å². The molecule has 0 radical (unpaired) electrons. The highest BCUT2D eigenvalue weighted by Gasteiger charge is 2.27. The minimum absolute atomic E-state index is 0.0545. The molecule has 1 aromatic heterocycles. The van der Waals surface area contributed by atoms with Gasteiger partial charge in [-0.1, -0.05) is 75.2 Å². The van der Waals surface area contributed by atoms with Crippen molar-refractivity contribution >= 4 is 40.7 Å². The van der Waals surface area contributed by atoms with E-state index < -0.39 is 16.5 Å². The van der Waals surface area contributed by atoms with Gasteiger partial charge in [-0.15, -0.1) is 0 Å². The molecule has 11 nitrogen and oxygen atoms in total. The second-order valence-corrected chi connectivity index (χ2v) is 9.49. The molecule has 4 rings (SSSR count). The molecular weight excluding hydrogens is 623 g/mol. The number of nitro benzene ring substituents is 1. The standard InChI is InChI=1S/C28H24Cl2N4O7.2C2H6/c1-39-20-8-4-17(5-9-20)14-32(15-18-6-10-21(40-2)11-7-18)26-24(28(36)41-3)27(35)33(16-31-26)25-22(29)12-19(34(37)38)13-23(25)30;2*1-2/h4-13,16H,14-15H2,1-3H3;2*1-2H3. The second-order valence-electron chi connectivity index (χ2n) is 8.68. The van der Waals surface area contributed by atoms with Gasteiger partial charge in [0, 0.05) is 25.2 Å². The van der Waals surface area contributed by atoms with Crippen molar-refractivity contribution in [3.63, 3.8) is 0 Å². The first-order valence-electron chi connectivity index (χ1n) is 14.0. The number of halogens is 2. The molecule has 0 bridgehead atoms. The van der Waals surface area contributed by atoms with Crippen molar-refractivity contribution in [1.82, 2.24) is 9.55 Å². The van der Waals surface area contributed by atoms with E-state index in [9.17, 15) is 19.7 Å². The zero-order chi connectivity index (χ0) is 33.7. The number of rotatable bonds is 10. The third-order valence-electron chi connectivity index (χ3n) is 6.16. The lowest BCUT2D eigenvalue weighted by Crippen LogP contribution is -2.33. The summed E-state index contributed by atoms with van der Waals surface area (Å²) >= 11 is 12.6. The van der Waals surface area contributed by atoms with Gasteiger partial charge in [0.05, 0.1) is 42.0 Å². The third-order valence-corrected chi connectivity index (χ3v) is 6.74. The largest absolute Gasteiger partial charge is 0.497 e. The molecule has 45 heavy (non-hydrogen) atoms. The molecule has 0 saturated carbocycles. The molecule has 3 aromatic carbocycles.